The highest BCUT2D eigenvalue weighted by atomic mass is 16.5. The smallest absolute Gasteiger partial charge is 0.0843 e. The van der Waals surface area contributed by atoms with Crippen LogP contribution in [0.5, 0.6) is 0 Å². The molecule has 0 aliphatic heterocycles. The van der Waals surface area contributed by atoms with E-state index in [0.717, 1.165) is 25.0 Å². The van der Waals surface area contributed by atoms with Gasteiger partial charge in [0.15, 0.2) is 0 Å². The zero-order chi connectivity index (χ0) is 10.9. The fraction of sp³-hybridized carbons (Fsp3) is 0.800. The van der Waals surface area contributed by atoms with Gasteiger partial charge in [0.2, 0.25) is 0 Å². The number of methoxy groups -OCH3 is 1. The van der Waals surface area contributed by atoms with Crippen LogP contribution in [-0.2, 0) is 18.2 Å². The molecule has 5 heteroatoms. The third-order valence-electron chi connectivity index (χ3n) is 3.36. The van der Waals surface area contributed by atoms with Gasteiger partial charge in [-0.1, -0.05) is 5.21 Å². The van der Waals surface area contributed by atoms with Gasteiger partial charge in [0.1, 0.15) is 0 Å². The molecule has 0 amide bonds. The Hall–Kier alpha value is -0.940. The lowest BCUT2D eigenvalue weighted by atomic mass is 9.73. The van der Waals surface area contributed by atoms with Crippen LogP contribution >= 0.6 is 0 Å². The van der Waals surface area contributed by atoms with Crippen LogP contribution in [0.3, 0.4) is 0 Å². The number of rotatable bonds is 4. The van der Waals surface area contributed by atoms with E-state index in [2.05, 4.69) is 10.3 Å². The zero-order valence-electron chi connectivity index (χ0n) is 9.31. The third kappa shape index (κ3) is 1.89. The molecule has 15 heavy (non-hydrogen) atoms. The van der Waals surface area contributed by atoms with Gasteiger partial charge in [0.25, 0.3) is 0 Å². The molecule has 0 aromatic carbocycles. The molecular formula is C10H18N4O. The fourth-order valence-corrected chi connectivity index (χ4v) is 2.15. The molecule has 2 rings (SSSR count). The lowest BCUT2D eigenvalue weighted by molar-refractivity contribution is -0.0898. The van der Waals surface area contributed by atoms with E-state index in [1.165, 1.54) is 6.42 Å². The van der Waals surface area contributed by atoms with Crippen LogP contribution in [0, 0.1) is 0 Å². The van der Waals surface area contributed by atoms with Crippen LogP contribution in [0.1, 0.15) is 25.0 Å². The Morgan fingerprint density at radius 1 is 1.67 bits per heavy atom. The van der Waals surface area contributed by atoms with Crippen LogP contribution in [0.4, 0.5) is 0 Å². The summed E-state index contributed by atoms with van der Waals surface area (Å²) in [5, 5.41) is 7.93. The lowest BCUT2D eigenvalue weighted by Gasteiger charge is -2.44. The quantitative estimate of drug-likeness (QED) is 0.774. The Labute approximate surface area is 89.6 Å². The van der Waals surface area contributed by atoms with E-state index in [1.54, 1.807) is 11.8 Å². The molecule has 0 bridgehead atoms. The first-order valence-electron chi connectivity index (χ1n) is 5.32. The molecule has 84 valence electrons. The molecule has 1 aromatic rings. The van der Waals surface area contributed by atoms with Gasteiger partial charge >= 0.3 is 0 Å². The van der Waals surface area contributed by atoms with Crippen LogP contribution < -0.4 is 5.73 Å². The van der Waals surface area contributed by atoms with Gasteiger partial charge in [-0.05, 0) is 19.3 Å². The van der Waals surface area contributed by atoms with E-state index in [0.29, 0.717) is 0 Å². The topological polar surface area (TPSA) is 66.0 Å². The van der Waals surface area contributed by atoms with E-state index in [9.17, 15) is 0 Å². The molecule has 1 fully saturated rings. The first-order chi connectivity index (χ1) is 7.16. The van der Waals surface area contributed by atoms with E-state index in [-0.39, 0.29) is 11.6 Å². The van der Waals surface area contributed by atoms with E-state index in [1.807, 2.05) is 13.2 Å². The molecule has 5 nitrogen and oxygen atoms in total. The Morgan fingerprint density at radius 2 is 2.40 bits per heavy atom. The molecule has 1 aliphatic rings. The number of hydrogen-bond donors (Lipinski definition) is 1. The molecule has 1 aromatic heterocycles. The van der Waals surface area contributed by atoms with Crippen LogP contribution in [0.15, 0.2) is 6.20 Å². The summed E-state index contributed by atoms with van der Waals surface area (Å²) in [6, 6.07) is 0.0212. The number of ether oxygens (including phenoxy) is 1. The monoisotopic (exact) mass is 210 g/mol. The second kappa shape index (κ2) is 3.90. The van der Waals surface area contributed by atoms with Crippen molar-refractivity contribution in [2.75, 3.05) is 7.11 Å². The minimum Gasteiger partial charge on any atom is -0.377 e. The van der Waals surface area contributed by atoms with Gasteiger partial charge < -0.3 is 10.5 Å². The van der Waals surface area contributed by atoms with Crippen LogP contribution in [-0.4, -0.2) is 33.7 Å². The van der Waals surface area contributed by atoms with E-state index < -0.39 is 0 Å². The van der Waals surface area contributed by atoms with E-state index in [4.69, 9.17) is 10.5 Å². The highest BCUT2D eigenvalue weighted by Gasteiger charge is 2.42. The maximum atomic E-state index is 6.16. The van der Waals surface area contributed by atoms with Crippen molar-refractivity contribution >= 4 is 0 Å². The number of aromatic nitrogens is 3. The van der Waals surface area contributed by atoms with Gasteiger partial charge in [-0.2, -0.15) is 0 Å². The van der Waals surface area contributed by atoms with Gasteiger partial charge in [0.05, 0.1) is 11.3 Å². The number of nitrogens with two attached hydrogens (primary N) is 1. The van der Waals surface area contributed by atoms with Crippen molar-refractivity contribution < 1.29 is 4.74 Å². The zero-order valence-corrected chi connectivity index (χ0v) is 9.31. The van der Waals surface area contributed by atoms with Crippen molar-refractivity contribution in [3.63, 3.8) is 0 Å². The fourth-order valence-electron chi connectivity index (χ4n) is 2.15. The van der Waals surface area contributed by atoms with Gasteiger partial charge in [0, 0.05) is 32.8 Å². The number of aryl methyl sites for hydroxylation is 1. The average molecular weight is 210 g/mol. The summed E-state index contributed by atoms with van der Waals surface area (Å²) < 4.78 is 7.23. The second-order valence-electron chi connectivity index (χ2n) is 4.32. The Kier molecular flexibility index (Phi) is 2.75. The summed E-state index contributed by atoms with van der Waals surface area (Å²) >= 11 is 0. The van der Waals surface area contributed by atoms with Crippen molar-refractivity contribution in [1.29, 1.82) is 0 Å². The van der Waals surface area contributed by atoms with Crippen LogP contribution in [0.2, 0.25) is 0 Å². The molecule has 1 heterocycles. The summed E-state index contributed by atoms with van der Waals surface area (Å²) in [6.45, 7) is 0. The summed E-state index contributed by atoms with van der Waals surface area (Å²) in [5.74, 6) is 0. The molecule has 0 saturated heterocycles. The standard InChI is InChI=1S/C10H18N4O/c1-14-7-8(12-13-14)6-9(11)10(15-2)4-3-5-10/h7,9H,3-6,11H2,1-2H3. The highest BCUT2D eigenvalue weighted by molar-refractivity contribution is 5.05. The molecule has 0 spiro atoms. The number of hydrogen-bond acceptors (Lipinski definition) is 4. The molecule has 1 saturated carbocycles. The third-order valence-corrected chi connectivity index (χ3v) is 3.36. The maximum Gasteiger partial charge on any atom is 0.0843 e. The SMILES string of the molecule is COC1(C(N)Cc2cn(C)nn2)CCC1. The van der Waals surface area contributed by atoms with Crippen molar-refractivity contribution in [2.24, 2.45) is 12.8 Å². The van der Waals surface area contributed by atoms with Gasteiger partial charge in [-0.3, -0.25) is 4.68 Å². The molecule has 0 radical (unpaired) electrons. The molecule has 1 atom stereocenters. The van der Waals surface area contributed by atoms with Crippen molar-refractivity contribution in [2.45, 2.75) is 37.3 Å². The largest absolute Gasteiger partial charge is 0.377 e. The average Bonchev–Trinajstić information content (AvgIpc) is 2.50. The van der Waals surface area contributed by atoms with Crippen LogP contribution in [0.25, 0.3) is 0 Å². The normalized spacial score (nSPS) is 21.0. The first-order valence-corrected chi connectivity index (χ1v) is 5.32. The van der Waals surface area contributed by atoms with Crippen molar-refractivity contribution in [1.82, 2.24) is 15.0 Å². The Bertz CT molecular complexity index is 326. The van der Waals surface area contributed by atoms with Crippen molar-refractivity contribution in [3.05, 3.63) is 11.9 Å². The summed E-state index contributed by atoms with van der Waals surface area (Å²) in [6.07, 6.45) is 5.97. The predicted octanol–water partition coefficient (Wildman–Crippen LogP) is 0.254. The van der Waals surface area contributed by atoms with E-state index >= 15 is 0 Å². The summed E-state index contributed by atoms with van der Waals surface area (Å²) in [4.78, 5) is 0. The minimum absolute atomic E-state index is 0.0212. The first kappa shape index (κ1) is 10.6. The maximum absolute atomic E-state index is 6.16. The lowest BCUT2D eigenvalue weighted by Crippen LogP contribution is -2.55. The van der Waals surface area contributed by atoms with Gasteiger partial charge in [-0.15, -0.1) is 5.10 Å². The Morgan fingerprint density at radius 3 is 2.80 bits per heavy atom. The second-order valence-corrected chi connectivity index (χ2v) is 4.32. The highest BCUT2D eigenvalue weighted by Crippen LogP contribution is 2.38. The molecule has 1 aliphatic carbocycles. The summed E-state index contributed by atoms with van der Waals surface area (Å²) in [7, 11) is 3.60. The molecule has 1 unspecified atom stereocenters. The number of nitrogens with zero attached hydrogens (tertiary/aromatic N) is 3. The van der Waals surface area contributed by atoms with Gasteiger partial charge in [-0.25, -0.2) is 0 Å². The Balaban J connectivity index is 1.99. The molecular weight excluding hydrogens is 192 g/mol. The predicted molar refractivity (Wildman–Crippen MR) is 56.3 cm³/mol. The summed E-state index contributed by atoms with van der Waals surface area (Å²) in [5.41, 5.74) is 6.99. The van der Waals surface area contributed by atoms with Crippen molar-refractivity contribution in [3.8, 4) is 0 Å². The molecule has 2 N–H and O–H groups in total. The minimum atomic E-state index is -0.114.